The first-order valence-electron chi connectivity index (χ1n) is 25.0. The molecule has 8 amide bonds. The lowest BCUT2D eigenvalue weighted by atomic mass is 9.85. The van der Waals surface area contributed by atoms with Gasteiger partial charge in [-0.2, -0.15) is 0 Å². The Bertz CT molecular complexity index is 1850. The van der Waals surface area contributed by atoms with Crippen molar-refractivity contribution in [1.82, 2.24) is 42.5 Å². The predicted octanol–water partition coefficient (Wildman–Crippen LogP) is 8.61. The van der Waals surface area contributed by atoms with Gasteiger partial charge in [0.25, 0.3) is 0 Å². The SMILES string of the molecule is CCCCNC(=O)NCCOc1ccc(C(=C(c2ccc(OCCNC(=O)NCCCC)cc2)c2ccc(OCCNC(=O)NCCCC)cc2)c2ccc(OCCNC(=O)NCCCC)cc2)cc1. The second kappa shape index (κ2) is 33.4. The fourth-order valence-corrected chi connectivity index (χ4v) is 6.88. The zero-order valence-electron chi connectivity index (χ0n) is 41.6. The molecule has 8 N–H and O–H groups in total. The fraction of sp³-hybridized carbons (Fsp3) is 0.444. The third kappa shape index (κ3) is 21.5. The van der Waals surface area contributed by atoms with Crippen molar-refractivity contribution in [2.75, 3.05) is 78.8 Å². The summed E-state index contributed by atoms with van der Waals surface area (Å²) < 4.78 is 24.2. The van der Waals surface area contributed by atoms with Gasteiger partial charge in [-0.05, 0) is 108 Å². The van der Waals surface area contributed by atoms with Crippen LogP contribution in [0.1, 0.15) is 101 Å². The van der Waals surface area contributed by atoms with Gasteiger partial charge in [0.05, 0.1) is 26.2 Å². The molecular weight excluding hydrogens is 889 g/mol. The van der Waals surface area contributed by atoms with Crippen LogP contribution < -0.4 is 61.5 Å². The van der Waals surface area contributed by atoms with E-state index in [-0.39, 0.29) is 24.1 Å². The van der Waals surface area contributed by atoms with Gasteiger partial charge in [-0.1, -0.05) is 102 Å². The lowest BCUT2D eigenvalue weighted by molar-refractivity contribution is 0.235. The highest BCUT2D eigenvalue weighted by molar-refractivity contribution is 6.04. The number of unbranched alkanes of at least 4 members (excludes halogenated alkanes) is 4. The number of benzene rings is 4. The maximum absolute atomic E-state index is 12.2. The fourth-order valence-electron chi connectivity index (χ4n) is 6.88. The van der Waals surface area contributed by atoms with Crippen molar-refractivity contribution in [2.45, 2.75) is 79.1 Å². The van der Waals surface area contributed by atoms with Crippen LogP contribution in [0.2, 0.25) is 0 Å². The van der Waals surface area contributed by atoms with Crippen molar-refractivity contribution in [3.8, 4) is 23.0 Å². The number of carbonyl (C=O) groups is 4. The van der Waals surface area contributed by atoms with E-state index >= 15 is 0 Å². The van der Waals surface area contributed by atoms with Crippen LogP contribution >= 0.6 is 0 Å². The summed E-state index contributed by atoms with van der Waals surface area (Å²) in [7, 11) is 0. The van der Waals surface area contributed by atoms with Crippen molar-refractivity contribution in [2.24, 2.45) is 0 Å². The van der Waals surface area contributed by atoms with Crippen LogP contribution in [0, 0.1) is 0 Å². The second-order valence-electron chi connectivity index (χ2n) is 16.4. The van der Waals surface area contributed by atoms with Crippen LogP contribution in [-0.4, -0.2) is 103 Å². The summed E-state index contributed by atoms with van der Waals surface area (Å²) in [6.07, 6.45) is 7.68. The molecule has 16 heteroatoms. The van der Waals surface area contributed by atoms with Crippen LogP contribution in [0.3, 0.4) is 0 Å². The molecular formula is C54H76N8O8. The summed E-state index contributed by atoms with van der Waals surface area (Å²) in [6.45, 7) is 13.4. The summed E-state index contributed by atoms with van der Waals surface area (Å²) in [5.74, 6) is 2.60. The van der Waals surface area contributed by atoms with Crippen LogP contribution in [0.4, 0.5) is 19.2 Å². The van der Waals surface area contributed by atoms with Gasteiger partial charge in [-0.3, -0.25) is 0 Å². The molecule has 70 heavy (non-hydrogen) atoms. The molecule has 0 aliphatic heterocycles. The Morgan fingerprint density at radius 3 is 0.671 bits per heavy atom. The van der Waals surface area contributed by atoms with Crippen molar-refractivity contribution >= 4 is 35.3 Å². The molecule has 0 saturated heterocycles. The standard InChI is InChI=1S/C54H76N8O8/c1-5-9-29-55-51(63)59-33-37-67-45-21-13-41(14-22-45)49(42-15-23-46(24-16-42)68-38-34-60-52(64)56-30-10-6-2)50(43-17-25-47(26-18-43)69-39-35-61-53(65)57-31-11-7-3)44-19-27-48(28-20-44)70-40-36-62-54(66)58-32-12-8-4/h13-28H,5-12,29-40H2,1-4H3,(H2,55,59,63)(H2,56,60,64)(H2,57,61,65)(H2,58,62,66). The van der Waals surface area contributed by atoms with Gasteiger partial charge in [-0.15, -0.1) is 0 Å². The average molecular weight is 965 g/mol. The summed E-state index contributed by atoms with van der Waals surface area (Å²) >= 11 is 0. The molecule has 4 aromatic carbocycles. The van der Waals surface area contributed by atoms with E-state index in [1.807, 2.05) is 97.1 Å². The Morgan fingerprint density at radius 1 is 0.300 bits per heavy atom. The first-order valence-corrected chi connectivity index (χ1v) is 25.0. The molecule has 0 atom stereocenters. The van der Waals surface area contributed by atoms with Crippen LogP contribution in [0.25, 0.3) is 11.1 Å². The van der Waals surface area contributed by atoms with Crippen molar-refractivity contribution < 1.29 is 38.1 Å². The van der Waals surface area contributed by atoms with Crippen LogP contribution in [0.15, 0.2) is 97.1 Å². The van der Waals surface area contributed by atoms with E-state index in [4.69, 9.17) is 18.9 Å². The van der Waals surface area contributed by atoms with Gasteiger partial charge in [0, 0.05) is 26.2 Å². The molecule has 0 aromatic heterocycles. The molecule has 0 saturated carbocycles. The van der Waals surface area contributed by atoms with Gasteiger partial charge in [0.15, 0.2) is 0 Å². The summed E-state index contributed by atoms with van der Waals surface area (Å²) in [5.41, 5.74) is 5.50. The molecule has 0 fully saturated rings. The van der Waals surface area contributed by atoms with E-state index in [9.17, 15) is 19.2 Å². The van der Waals surface area contributed by atoms with Crippen molar-refractivity contribution in [1.29, 1.82) is 0 Å². The Kier molecular flexibility index (Phi) is 26.5. The smallest absolute Gasteiger partial charge is 0.314 e. The van der Waals surface area contributed by atoms with Crippen molar-refractivity contribution in [3.63, 3.8) is 0 Å². The maximum Gasteiger partial charge on any atom is 0.314 e. The number of ether oxygens (including phenoxy) is 4. The highest BCUT2D eigenvalue weighted by Crippen LogP contribution is 2.39. The molecule has 16 nitrogen and oxygen atoms in total. The number of urea groups is 4. The predicted molar refractivity (Wildman–Crippen MR) is 278 cm³/mol. The number of nitrogens with one attached hydrogen (secondary N) is 8. The minimum Gasteiger partial charge on any atom is -0.492 e. The molecule has 0 bridgehead atoms. The average Bonchev–Trinajstić information content (AvgIpc) is 3.37. The number of amides is 8. The van der Waals surface area contributed by atoms with E-state index in [1.54, 1.807) is 0 Å². The van der Waals surface area contributed by atoms with Gasteiger partial charge in [-0.25, -0.2) is 19.2 Å². The Hall–Kier alpha value is -7.10. The number of carbonyl (C=O) groups excluding carboxylic acids is 4. The van der Waals surface area contributed by atoms with Gasteiger partial charge in [0.1, 0.15) is 49.4 Å². The van der Waals surface area contributed by atoms with Gasteiger partial charge >= 0.3 is 24.1 Å². The molecule has 0 aliphatic rings. The number of hydrogen-bond acceptors (Lipinski definition) is 8. The lowest BCUT2D eigenvalue weighted by Crippen LogP contribution is -2.38. The topological polar surface area (TPSA) is 201 Å². The monoisotopic (exact) mass is 965 g/mol. The quantitative estimate of drug-likeness (QED) is 0.0176. The first kappa shape index (κ1) is 55.5. The van der Waals surface area contributed by atoms with E-state index < -0.39 is 0 Å². The minimum absolute atomic E-state index is 0.217. The van der Waals surface area contributed by atoms with Crippen LogP contribution in [-0.2, 0) is 0 Å². The summed E-state index contributed by atoms with van der Waals surface area (Å²) in [4.78, 5) is 48.6. The lowest BCUT2D eigenvalue weighted by Gasteiger charge is -2.20. The second-order valence-corrected chi connectivity index (χ2v) is 16.4. The Labute approximate surface area is 414 Å². The molecule has 0 aliphatic carbocycles. The molecule has 4 rings (SSSR count). The first-order chi connectivity index (χ1) is 34.2. The van der Waals surface area contributed by atoms with Gasteiger partial charge < -0.3 is 61.5 Å². The Morgan fingerprint density at radius 2 is 0.486 bits per heavy atom. The zero-order chi connectivity index (χ0) is 50.0. The summed E-state index contributed by atoms with van der Waals surface area (Å²) in [6, 6.07) is 30.6. The third-order valence-corrected chi connectivity index (χ3v) is 10.7. The van der Waals surface area contributed by atoms with Crippen molar-refractivity contribution in [3.05, 3.63) is 119 Å². The van der Waals surface area contributed by atoms with E-state index in [1.165, 1.54) is 0 Å². The summed E-state index contributed by atoms with van der Waals surface area (Å²) in [5, 5.41) is 22.8. The zero-order valence-corrected chi connectivity index (χ0v) is 41.6. The highest BCUT2D eigenvalue weighted by atomic mass is 16.5. The normalized spacial score (nSPS) is 10.5. The molecule has 380 valence electrons. The molecule has 0 heterocycles. The van der Waals surface area contributed by atoms with E-state index in [2.05, 4.69) is 70.2 Å². The molecule has 0 spiro atoms. The highest BCUT2D eigenvalue weighted by Gasteiger charge is 2.18. The largest absolute Gasteiger partial charge is 0.492 e. The third-order valence-electron chi connectivity index (χ3n) is 10.7. The van der Waals surface area contributed by atoms with Gasteiger partial charge in [0.2, 0.25) is 0 Å². The van der Waals surface area contributed by atoms with E-state index in [0.29, 0.717) is 102 Å². The van der Waals surface area contributed by atoms with E-state index in [0.717, 1.165) is 84.8 Å². The Balaban J connectivity index is 1.64. The number of rotatable bonds is 32. The maximum atomic E-state index is 12.2. The molecule has 0 radical (unpaired) electrons. The number of hydrogen-bond donors (Lipinski definition) is 8. The van der Waals surface area contributed by atoms with Crippen LogP contribution in [0.5, 0.6) is 23.0 Å². The minimum atomic E-state index is -0.217. The molecule has 4 aromatic rings. The molecule has 0 unspecified atom stereocenters.